The Hall–Kier alpha value is -0.890. The highest BCUT2D eigenvalue weighted by molar-refractivity contribution is 6.33. The lowest BCUT2D eigenvalue weighted by Gasteiger charge is -2.40. The van der Waals surface area contributed by atoms with Crippen LogP contribution < -0.4 is 10.6 Å². The molecular weight excluding hydrogens is 196 g/mol. The average Bonchev–Trinajstić information content (AvgIpc) is 2.09. The summed E-state index contributed by atoms with van der Waals surface area (Å²) in [5.74, 6) is 0.854. The van der Waals surface area contributed by atoms with Gasteiger partial charge in [0.25, 0.3) is 0 Å². The Morgan fingerprint density at radius 2 is 2.21 bits per heavy atom. The van der Waals surface area contributed by atoms with Crippen molar-refractivity contribution in [2.75, 3.05) is 23.7 Å². The summed E-state index contributed by atoms with van der Waals surface area (Å²) in [6.45, 7) is 4.54. The lowest BCUT2D eigenvalue weighted by atomic mass is 9.96. The number of hydrogen-bond donors (Lipinski definition) is 1. The number of halogens is 1. The van der Waals surface area contributed by atoms with E-state index in [0.717, 1.165) is 19.0 Å². The van der Waals surface area contributed by atoms with Crippen molar-refractivity contribution in [1.82, 2.24) is 0 Å². The normalized spacial score (nSPS) is 16.9. The Morgan fingerprint density at radius 3 is 2.79 bits per heavy atom. The van der Waals surface area contributed by atoms with Crippen molar-refractivity contribution < 1.29 is 0 Å². The molecule has 0 bridgehead atoms. The van der Waals surface area contributed by atoms with Crippen molar-refractivity contribution in [3.8, 4) is 0 Å². The first-order valence-corrected chi connectivity index (χ1v) is 5.38. The Labute approximate surface area is 89.7 Å². The SMILES string of the molecule is CCC1CN(c2ccc(Cl)c(N)c2)C1. The van der Waals surface area contributed by atoms with Crippen molar-refractivity contribution in [1.29, 1.82) is 0 Å². The minimum absolute atomic E-state index is 0.640. The molecule has 1 aromatic carbocycles. The van der Waals surface area contributed by atoms with Crippen LogP contribution in [0.5, 0.6) is 0 Å². The van der Waals surface area contributed by atoms with Gasteiger partial charge in [0.2, 0.25) is 0 Å². The summed E-state index contributed by atoms with van der Waals surface area (Å²) in [7, 11) is 0. The molecular formula is C11H15ClN2. The topological polar surface area (TPSA) is 29.3 Å². The van der Waals surface area contributed by atoms with Crippen LogP contribution in [-0.4, -0.2) is 13.1 Å². The third kappa shape index (κ3) is 1.67. The maximum absolute atomic E-state index is 5.86. The molecule has 1 heterocycles. The molecule has 0 amide bonds. The van der Waals surface area contributed by atoms with Gasteiger partial charge in [-0.05, 0) is 30.5 Å². The fourth-order valence-corrected chi connectivity index (χ4v) is 1.88. The molecule has 0 aromatic heterocycles. The van der Waals surface area contributed by atoms with E-state index in [2.05, 4.69) is 11.8 Å². The summed E-state index contributed by atoms with van der Waals surface area (Å²) < 4.78 is 0. The molecule has 14 heavy (non-hydrogen) atoms. The van der Waals surface area contributed by atoms with E-state index in [9.17, 15) is 0 Å². The van der Waals surface area contributed by atoms with Crippen LogP contribution in [0.4, 0.5) is 11.4 Å². The van der Waals surface area contributed by atoms with E-state index < -0.39 is 0 Å². The number of nitrogen functional groups attached to an aromatic ring is 1. The third-order valence-electron chi connectivity index (χ3n) is 2.88. The fourth-order valence-electron chi connectivity index (χ4n) is 1.77. The van der Waals surface area contributed by atoms with E-state index in [4.69, 9.17) is 17.3 Å². The van der Waals surface area contributed by atoms with Gasteiger partial charge in [-0.25, -0.2) is 0 Å². The quantitative estimate of drug-likeness (QED) is 0.761. The molecule has 2 rings (SSSR count). The van der Waals surface area contributed by atoms with Crippen molar-refractivity contribution in [2.24, 2.45) is 5.92 Å². The summed E-state index contributed by atoms with van der Waals surface area (Å²) in [6, 6.07) is 5.85. The zero-order chi connectivity index (χ0) is 10.1. The largest absolute Gasteiger partial charge is 0.397 e. The Kier molecular flexibility index (Phi) is 2.55. The standard InChI is InChI=1S/C11H15ClN2/c1-2-8-6-14(7-8)9-3-4-10(12)11(13)5-9/h3-5,8H,2,6-7,13H2,1H3. The molecule has 1 fully saturated rings. The predicted molar refractivity (Wildman–Crippen MR) is 61.9 cm³/mol. The van der Waals surface area contributed by atoms with Crippen LogP contribution in [0.2, 0.25) is 5.02 Å². The summed E-state index contributed by atoms with van der Waals surface area (Å²) in [5.41, 5.74) is 7.61. The molecule has 0 spiro atoms. The average molecular weight is 211 g/mol. The zero-order valence-electron chi connectivity index (χ0n) is 8.33. The second-order valence-corrected chi connectivity index (χ2v) is 4.29. The molecule has 0 radical (unpaired) electrons. The number of anilines is 2. The van der Waals surface area contributed by atoms with Gasteiger partial charge in [-0.1, -0.05) is 18.5 Å². The molecule has 0 aliphatic carbocycles. The number of hydrogen-bond acceptors (Lipinski definition) is 2. The summed E-state index contributed by atoms with van der Waals surface area (Å²) in [5, 5.41) is 0.640. The van der Waals surface area contributed by atoms with E-state index in [1.165, 1.54) is 12.1 Å². The fraction of sp³-hybridized carbons (Fsp3) is 0.455. The van der Waals surface area contributed by atoms with E-state index in [0.29, 0.717) is 10.7 Å². The number of benzene rings is 1. The van der Waals surface area contributed by atoms with Gasteiger partial charge in [-0.2, -0.15) is 0 Å². The maximum atomic E-state index is 5.86. The molecule has 2 N–H and O–H groups in total. The van der Waals surface area contributed by atoms with Crippen LogP contribution in [0.3, 0.4) is 0 Å². The lowest BCUT2D eigenvalue weighted by molar-refractivity contribution is 0.399. The van der Waals surface area contributed by atoms with Crippen LogP contribution in [0, 0.1) is 5.92 Å². The van der Waals surface area contributed by atoms with Gasteiger partial charge in [-0.3, -0.25) is 0 Å². The van der Waals surface area contributed by atoms with Crippen LogP contribution in [0.1, 0.15) is 13.3 Å². The minimum atomic E-state index is 0.640. The van der Waals surface area contributed by atoms with E-state index >= 15 is 0 Å². The highest BCUT2D eigenvalue weighted by Gasteiger charge is 2.25. The minimum Gasteiger partial charge on any atom is -0.397 e. The monoisotopic (exact) mass is 210 g/mol. The van der Waals surface area contributed by atoms with Crippen LogP contribution >= 0.6 is 11.6 Å². The van der Waals surface area contributed by atoms with Gasteiger partial charge < -0.3 is 10.6 Å². The third-order valence-corrected chi connectivity index (χ3v) is 3.22. The number of rotatable bonds is 2. The highest BCUT2D eigenvalue weighted by atomic mass is 35.5. The Morgan fingerprint density at radius 1 is 1.50 bits per heavy atom. The molecule has 76 valence electrons. The zero-order valence-corrected chi connectivity index (χ0v) is 9.09. The van der Waals surface area contributed by atoms with Gasteiger partial charge in [-0.15, -0.1) is 0 Å². The first-order valence-electron chi connectivity index (χ1n) is 5.00. The Balaban J connectivity index is 2.08. The summed E-state index contributed by atoms with van der Waals surface area (Å²) in [6.07, 6.45) is 1.26. The predicted octanol–water partition coefficient (Wildman–Crippen LogP) is 2.77. The van der Waals surface area contributed by atoms with E-state index in [1.54, 1.807) is 0 Å². The first kappa shape index (κ1) is 9.66. The molecule has 1 aromatic rings. The second-order valence-electron chi connectivity index (χ2n) is 3.89. The van der Waals surface area contributed by atoms with Crippen LogP contribution in [0.25, 0.3) is 0 Å². The summed E-state index contributed by atoms with van der Waals surface area (Å²) in [4.78, 5) is 2.33. The lowest BCUT2D eigenvalue weighted by Crippen LogP contribution is -2.46. The van der Waals surface area contributed by atoms with Crippen LogP contribution in [0.15, 0.2) is 18.2 Å². The molecule has 0 saturated carbocycles. The molecule has 1 aliphatic heterocycles. The van der Waals surface area contributed by atoms with Gasteiger partial charge in [0.05, 0.1) is 10.7 Å². The first-order chi connectivity index (χ1) is 6.70. The molecule has 1 aliphatic rings. The number of nitrogens with zero attached hydrogens (tertiary/aromatic N) is 1. The van der Waals surface area contributed by atoms with Gasteiger partial charge in [0, 0.05) is 18.8 Å². The molecule has 3 heteroatoms. The second kappa shape index (κ2) is 3.70. The molecule has 0 unspecified atom stereocenters. The Bertz CT molecular complexity index is 332. The maximum Gasteiger partial charge on any atom is 0.0636 e. The van der Waals surface area contributed by atoms with E-state index in [-0.39, 0.29) is 0 Å². The summed E-state index contributed by atoms with van der Waals surface area (Å²) >= 11 is 5.86. The van der Waals surface area contributed by atoms with Crippen molar-refractivity contribution >= 4 is 23.0 Å². The molecule has 2 nitrogen and oxygen atoms in total. The number of nitrogens with two attached hydrogens (primary N) is 1. The van der Waals surface area contributed by atoms with Crippen molar-refractivity contribution in [3.05, 3.63) is 23.2 Å². The molecule has 0 atom stereocenters. The van der Waals surface area contributed by atoms with E-state index in [1.807, 2.05) is 18.2 Å². The van der Waals surface area contributed by atoms with Gasteiger partial charge in [0.1, 0.15) is 0 Å². The van der Waals surface area contributed by atoms with Crippen molar-refractivity contribution in [3.63, 3.8) is 0 Å². The van der Waals surface area contributed by atoms with Crippen LogP contribution in [-0.2, 0) is 0 Å². The smallest absolute Gasteiger partial charge is 0.0636 e. The van der Waals surface area contributed by atoms with Crippen molar-refractivity contribution in [2.45, 2.75) is 13.3 Å². The van der Waals surface area contributed by atoms with Gasteiger partial charge in [0.15, 0.2) is 0 Å². The highest BCUT2D eigenvalue weighted by Crippen LogP contribution is 2.30. The molecule has 1 saturated heterocycles. The van der Waals surface area contributed by atoms with Gasteiger partial charge >= 0.3 is 0 Å².